The van der Waals surface area contributed by atoms with Gasteiger partial charge in [-0.05, 0) is 36.4 Å². The van der Waals surface area contributed by atoms with E-state index in [0.29, 0.717) is 11.3 Å². The first kappa shape index (κ1) is 19.1. The largest absolute Gasteiger partial charge is 0.339 e. The van der Waals surface area contributed by atoms with Crippen LogP contribution in [0.5, 0.6) is 0 Å². The maximum atomic E-state index is 12.8. The van der Waals surface area contributed by atoms with Gasteiger partial charge in [0.25, 0.3) is 5.91 Å². The maximum Gasteiger partial charge on any atom is 0.256 e. The highest BCUT2D eigenvalue weighted by molar-refractivity contribution is 6.13. The van der Waals surface area contributed by atoms with E-state index in [-0.39, 0.29) is 18.4 Å². The number of fused-ring (bicyclic) bond motifs is 1. The number of likely N-dealkylation sites (N-methyl/N-ethyl adjacent to an activating group) is 1. The van der Waals surface area contributed by atoms with Crippen molar-refractivity contribution < 1.29 is 9.59 Å². The fourth-order valence-corrected chi connectivity index (χ4v) is 3.66. The minimum absolute atomic E-state index is 0.0450. The minimum Gasteiger partial charge on any atom is -0.339 e. The first-order chi connectivity index (χ1) is 14.0. The molecular formula is C22H25N5O2. The third-order valence-electron chi connectivity index (χ3n) is 5.43. The van der Waals surface area contributed by atoms with Crippen LogP contribution in [0.15, 0.2) is 48.8 Å². The van der Waals surface area contributed by atoms with Crippen LogP contribution < -0.4 is 5.32 Å². The molecule has 4 rings (SSSR count). The number of piperazine rings is 1. The minimum atomic E-state index is -0.189. The molecule has 1 aliphatic rings. The van der Waals surface area contributed by atoms with Crippen molar-refractivity contribution in [3.63, 3.8) is 0 Å². The van der Waals surface area contributed by atoms with Crippen molar-refractivity contribution in [2.45, 2.75) is 13.5 Å². The van der Waals surface area contributed by atoms with Gasteiger partial charge in [-0.3, -0.25) is 14.3 Å². The number of nitrogens with zero attached hydrogens (tertiary/aromatic N) is 4. The number of nitrogens with one attached hydrogen (secondary N) is 1. The lowest BCUT2D eigenvalue weighted by atomic mass is 10.00. The van der Waals surface area contributed by atoms with Gasteiger partial charge >= 0.3 is 0 Å². The smallest absolute Gasteiger partial charge is 0.256 e. The van der Waals surface area contributed by atoms with Crippen molar-refractivity contribution in [3.8, 4) is 0 Å². The number of benzene rings is 2. The van der Waals surface area contributed by atoms with Crippen LogP contribution in [0, 0.1) is 6.92 Å². The number of amides is 2. The van der Waals surface area contributed by atoms with E-state index in [4.69, 9.17) is 0 Å². The van der Waals surface area contributed by atoms with E-state index in [1.165, 1.54) is 0 Å². The quantitative estimate of drug-likeness (QED) is 0.741. The molecule has 1 N–H and O–H groups in total. The molecule has 0 saturated carbocycles. The Bertz CT molecular complexity index is 1050. The van der Waals surface area contributed by atoms with Gasteiger partial charge in [0.05, 0.1) is 11.9 Å². The van der Waals surface area contributed by atoms with Gasteiger partial charge in [-0.15, -0.1) is 0 Å². The summed E-state index contributed by atoms with van der Waals surface area (Å²) in [5.74, 6) is -0.144. The molecule has 0 spiro atoms. The summed E-state index contributed by atoms with van der Waals surface area (Å²) in [5.41, 5.74) is 2.32. The second-order valence-corrected chi connectivity index (χ2v) is 7.54. The second-order valence-electron chi connectivity index (χ2n) is 7.54. The summed E-state index contributed by atoms with van der Waals surface area (Å²) in [4.78, 5) is 29.4. The third kappa shape index (κ3) is 4.14. The number of carbonyl (C=O) groups is 2. The standard InChI is InChI=1S/C22H25N5O2/c1-16-7-8-20(19-6-4-3-5-18(16)19)22(29)24-17-13-23-27(14-17)15-21(28)26-11-9-25(2)10-12-26/h3-8,13-14H,9-12,15H2,1-2H3,(H,24,29). The normalized spacial score (nSPS) is 14.9. The Labute approximate surface area is 169 Å². The Morgan fingerprint density at radius 3 is 2.52 bits per heavy atom. The summed E-state index contributed by atoms with van der Waals surface area (Å²) in [5, 5.41) is 9.11. The zero-order valence-electron chi connectivity index (χ0n) is 16.8. The predicted octanol–water partition coefficient (Wildman–Crippen LogP) is 2.37. The molecule has 7 nitrogen and oxygen atoms in total. The summed E-state index contributed by atoms with van der Waals surface area (Å²) in [6.45, 7) is 5.45. The molecule has 3 aromatic rings. The van der Waals surface area contributed by atoms with Crippen molar-refractivity contribution in [2.75, 3.05) is 38.5 Å². The zero-order valence-corrected chi connectivity index (χ0v) is 16.8. The average Bonchev–Trinajstić information content (AvgIpc) is 3.15. The van der Waals surface area contributed by atoms with Gasteiger partial charge in [-0.2, -0.15) is 5.10 Å². The summed E-state index contributed by atoms with van der Waals surface area (Å²) < 4.78 is 1.57. The molecule has 150 valence electrons. The Hall–Kier alpha value is -3.19. The van der Waals surface area contributed by atoms with Gasteiger partial charge in [0.2, 0.25) is 5.91 Å². The van der Waals surface area contributed by atoms with Crippen molar-refractivity contribution >= 4 is 28.3 Å². The van der Waals surface area contributed by atoms with Crippen LogP contribution in [0.3, 0.4) is 0 Å². The molecule has 1 fully saturated rings. The van der Waals surface area contributed by atoms with E-state index < -0.39 is 0 Å². The molecule has 1 aliphatic heterocycles. The maximum absolute atomic E-state index is 12.8. The monoisotopic (exact) mass is 391 g/mol. The number of aromatic nitrogens is 2. The van der Waals surface area contributed by atoms with E-state index >= 15 is 0 Å². The van der Waals surface area contributed by atoms with E-state index in [2.05, 4.69) is 22.4 Å². The van der Waals surface area contributed by atoms with Gasteiger partial charge in [0.15, 0.2) is 0 Å². The van der Waals surface area contributed by atoms with Crippen LogP contribution in [-0.2, 0) is 11.3 Å². The first-order valence-corrected chi connectivity index (χ1v) is 9.80. The summed E-state index contributed by atoms with van der Waals surface area (Å²) >= 11 is 0. The van der Waals surface area contributed by atoms with Gasteiger partial charge < -0.3 is 15.1 Å². The topological polar surface area (TPSA) is 70.5 Å². The molecule has 29 heavy (non-hydrogen) atoms. The van der Waals surface area contributed by atoms with Gasteiger partial charge in [-0.25, -0.2) is 0 Å². The summed E-state index contributed by atoms with van der Waals surface area (Å²) in [6, 6.07) is 11.7. The fourth-order valence-electron chi connectivity index (χ4n) is 3.66. The Morgan fingerprint density at radius 2 is 1.76 bits per heavy atom. The van der Waals surface area contributed by atoms with E-state index in [1.807, 2.05) is 48.2 Å². The molecule has 0 atom stereocenters. The van der Waals surface area contributed by atoms with Crippen molar-refractivity contribution in [3.05, 3.63) is 59.9 Å². The predicted molar refractivity (Wildman–Crippen MR) is 113 cm³/mol. The van der Waals surface area contributed by atoms with Crippen LogP contribution in [-0.4, -0.2) is 64.6 Å². The number of carbonyl (C=O) groups excluding carboxylic acids is 2. The van der Waals surface area contributed by atoms with Crippen molar-refractivity contribution in [2.24, 2.45) is 0 Å². The Kier molecular flexibility index (Phi) is 5.31. The van der Waals surface area contributed by atoms with Crippen molar-refractivity contribution in [1.29, 1.82) is 0 Å². The van der Waals surface area contributed by atoms with Gasteiger partial charge in [0, 0.05) is 37.9 Å². The average molecular weight is 391 g/mol. The lowest BCUT2D eigenvalue weighted by molar-refractivity contribution is -0.133. The van der Waals surface area contributed by atoms with Crippen LogP contribution >= 0.6 is 0 Å². The molecule has 2 amide bonds. The SMILES string of the molecule is Cc1ccc(C(=O)Nc2cnn(CC(=O)N3CCN(C)CC3)c2)c2ccccc12. The number of hydrogen-bond donors (Lipinski definition) is 1. The molecule has 0 bridgehead atoms. The fraction of sp³-hybridized carbons (Fsp3) is 0.318. The van der Waals surface area contributed by atoms with Crippen LogP contribution in [0.4, 0.5) is 5.69 Å². The molecular weight excluding hydrogens is 366 g/mol. The third-order valence-corrected chi connectivity index (χ3v) is 5.43. The van der Waals surface area contributed by atoms with Crippen LogP contribution in [0.1, 0.15) is 15.9 Å². The Morgan fingerprint density at radius 1 is 1.03 bits per heavy atom. The summed E-state index contributed by atoms with van der Waals surface area (Å²) in [6.07, 6.45) is 3.27. The van der Waals surface area contributed by atoms with Crippen molar-refractivity contribution in [1.82, 2.24) is 19.6 Å². The Balaban J connectivity index is 1.44. The van der Waals surface area contributed by atoms with E-state index in [9.17, 15) is 9.59 Å². The lowest BCUT2D eigenvalue weighted by Gasteiger charge is -2.32. The number of anilines is 1. The molecule has 0 aliphatic carbocycles. The summed E-state index contributed by atoms with van der Waals surface area (Å²) in [7, 11) is 2.06. The number of aryl methyl sites for hydroxylation is 1. The van der Waals surface area contributed by atoms with Gasteiger partial charge in [0.1, 0.15) is 6.54 Å². The molecule has 7 heteroatoms. The highest BCUT2D eigenvalue weighted by atomic mass is 16.2. The first-order valence-electron chi connectivity index (χ1n) is 9.80. The molecule has 1 saturated heterocycles. The van der Waals surface area contributed by atoms with E-state index in [1.54, 1.807) is 17.1 Å². The number of rotatable bonds is 4. The highest BCUT2D eigenvalue weighted by Gasteiger charge is 2.19. The highest BCUT2D eigenvalue weighted by Crippen LogP contribution is 2.23. The lowest BCUT2D eigenvalue weighted by Crippen LogP contribution is -2.48. The van der Waals surface area contributed by atoms with Crippen LogP contribution in [0.2, 0.25) is 0 Å². The molecule has 2 heterocycles. The van der Waals surface area contributed by atoms with E-state index in [0.717, 1.165) is 42.5 Å². The molecule has 0 unspecified atom stereocenters. The van der Waals surface area contributed by atoms with Crippen LogP contribution in [0.25, 0.3) is 10.8 Å². The second kappa shape index (κ2) is 8.05. The van der Waals surface area contributed by atoms with Gasteiger partial charge in [-0.1, -0.05) is 30.3 Å². The molecule has 1 aromatic heterocycles. The molecule has 0 radical (unpaired) electrons. The number of hydrogen-bond acceptors (Lipinski definition) is 4. The molecule has 2 aromatic carbocycles. The zero-order chi connectivity index (χ0) is 20.4.